The number of carbonyl (C=O) groups is 6. The van der Waals surface area contributed by atoms with Gasteiger partial charge in [0.05, 0.1) is 75.8 Å². The Balaban J connectivity index is 0.000000251. The number of aliphatic carboxylic acids is 1. The molecule has 8 rings (SSSR count). The molecule has 0 radical (unpaired) electrons. The Kier molecular flexibility index (Phi) is 25.0. The average Bonchev–Trinajstić information content (AvgIpc) is 1.66. The van der Waals surface area contributed by atoms with Gasteiger partial charge in [0.25, 0.3) is 23.6 Å². The van der Waals surface area contributed by atoms with E-state index in [1.807, 2.05) is 48.5 Å². The van der Waals surface area contributed by atoms with Crippen molar-refractivity contribution in [1.82, 2.24) is 39.2 Å². The van der Waals surface area contributed by atoms with Crippen LogP contribution in [0.4, 0.5) is 0 Å². The molecule has 472 valence electrons. The molecule has 0 aliphatic carbocycles. The lowest BCUT2D eigenvalue weighted by atomic mass is 9.93. The van der Waals surface area contributed by atoms with Gasteiger partial charge < -0.3 is 49.1 Å². The molecular weight excluding hydrogens is 1170 g/mol. The fourth-order valence-electron chi connectivity index (χ4n) is 10.7. The lowest BCUT2D eigenvalue weighted by Crippen LogP contribution is -2.46. The number of aliphatic hydroxyl groups excluding tert-OH is 2. The number of carboxylic acid groups (broad SMARTS) is 1. The number of esters is 1. The summed E-state index contributed by atoms with van der Waals surface area (Å²) in [7, 11) is 0. The van der Waals surface area contributed by atoms with Crippen molar-refractivity contribution in [3.63, 3.8) is 0 Å². The minimum absolute atomic E-state index is 0.108. The normalized spacial score (nSPS) is 14.3. The van der Waals surface area contributed by atoms with Crippen LogP contribution >= 0.6 is 23.2 Å². The third kappa shape index (κ3) is 16.3. The lowest BCUT2D eigenvalue weighted by molar-refractivity contribution is -0.145. The summed E-state index contributed by atoms with van der Waals surface area (Å²) in [5.74, 6) is -2.48. The summed E-state index contributed by atoms with van der Waals surface area (Å²) >= 11 is 13.5. The number of benzene rings is 4. The maximum absolute atomic E-state index is 14.4. The summed E-state index contributed by atoms with van der Waals surface area (Å²) in [6, 6.07) is 24.2. The summed E-state index contributed by atoms with van der Waals surface area (Å²) in [5.41, 5.74) is 6.50. The summed E-state index contributed by atoms with van der Waals surface area (Å²) in [6.07, 6.45) is 8.20. The molecule has 20 nitrogen and oxygen atoms in total. The fraction of sp³-hybridized carbons (Fsp3) is 0.455. The van der Waals surface area contributed by atoms with Crippen LogP contribution in [-0.2, 0) is 40.3 Å². The lowest BCUT2D eigenvalue weighted by Gasteiger charge is -2.36. The Hall–Kier alpha value is -7.78. The van der Waals surface area contributed by atoms with Crippen LogP contribution in [0.2, 0.25) is 10.0 Å². The minimum Gasteiger partial charge on any atom is -0.482 e. The number of ether oxygens (including phenoxy) is 3. The molecule has 0 unspecified atom stereocenters. The van der Waals surface area contributed by atoms with Crippen molar-refractivity contribution in [2.75, 3.05) is 59.2 Å². The molecule has 6 aromatic rings. The van der Waals surface area contributed by atoms with E-state index in [0.717, 1.165) is 73.6 Å². The number of amides is 4. The molecular formula is C66H82Cl2N8O12. The van der Waals surface area contributed by atoms with Gasteiger partial charge in [-0.15, -0.1) is 0 Å². The van der Waals surface area contributed by atoms with Gasteiger partial charge in [-0.1, -0.05) is 125 Å². The van der Waals surface area contributed by atoms with Gasteiger partial charge in [-0.2, -0.15) is 10.2 Å². The van der Waals surface area contributed by atoms with E-state index in [1.54, 1.807) is 70.7 Å². The van der Waals surface area contributed by atoms with E-state index in [-0.39, 0.29) is 94.8 Å². The third-order valence-electron chi connectivity index (χ3n) is 15.7. The molecule has 0 bridgehead atoms. The van der Waals surface area contributed by atoms with E-state index in [2.05, 4.69) is 37.9 Å². The topological polar surface area (TPSA) is 239 Å². The van der Waals surface area contributed by atoms with Crippen LogP contribution in [0, 0.1) is 13.8 Å². The molecule has 2 aliphatic rings. The summed E-state index contributed by atoms with van der Waals surface area (Å²) < 4.78 is 19.1. The highest BCUT2D eigenvalue weighted by Crippen LogP contribution is 2.34. The second-order valence-corrected chi connectivity index (χ2v) is 22.7. The van der Waals surface area contributed by atoms with Crippen LogP contribution in [0.15, 0.2) is 84.9 Å². The molecule has 88 heavy (non-hydrogen) atoms. The van der Waals surface area contributed by atoms with Crippen molar-refractivity contribution in [2.45, 2.75) is 138 Å². The first-order chi connectivity index (χ1) is 42.4. The maximum atomic E-state index is 14.4. The molecule has 0 saturated carbocycles. The number of hydrogen-bond donors (Lipinski definition) is 3. The number of rotatable bonds is 27. The zero-order valence-electron chi connectivity index (χ0n) is 51.4. The number of nitrogens with zero attached hydrogens (tertiary/aromatic N) is 8. The standard InChI is InChI=1S/C34H43ClN4O6.C32H39ClN4O6/c1-5-8-16-37(17-9-6-2)34(43)32-31(35)23(4)39(36-32)29-15-14-27(45-22-30(41)44-7-3)19-28(29)33(42)38-20-25-13-11-10-12-24(25)18-26(38)21-40;1-4-6-14-35(15-7-5-2)32(42)30-29(33)21(3)37(34-30)27-13-12-25(43-20-28(39)40)17-26(27)31(41)36-18-23-11-9-8-10-22(23)16-24(36)19-38/h10-15,19,26,40H,5-9,16-18,20-22H2,1-4H3;8-13,17,24,38H,4-7,14-16,18-20H2,1-3H3,(H,39,40)/t26-;24-/m00/s1. The SMILES string of the molecule is CCCCN(CCCC)C(=O)c1nn(-c2ccc(OCC(=O)O)cc2C(=O)N2Cc3ccccc3C[C@H]2CO)c(C)c1Cl.CCCCN(CCCC)C(=O)c1nn(-c2ccc(OCC(=O)OCC)cc2C(=O)N2Cc3ccccc3C[C@H]2CO)c(C)c1Cl. The number of hydrogen-bond acceptors (Lipinski definition) is 13. The van der Waals surface area contributed by atoms with Crippen molar-refractivity contribution in [1.29, 1.82) is 0 Å². The van der Waals surface area contributed by atoms with E-state index in [9.17, 15) is 39.0 Å². The average molecular weight is 1250 g/mol. The highest BCUT2D eigenvalue weighted by Gasteiger charge is 2.35. The van der Waals surface area contributed by atoms with Gasteiger partial charge in [-0.3, -0.25) is 19.2 Å². The molecule has 0 fully saturated rings. The van der Waals surface area contributed by atoms with Crippen molar-refractivity contribution >= 4 is 58.8 Å². The Morgan fingerprint density at radius 2 is 0.932 bits per heavy atom. The molecule has 0 saturated heterocycles. The van der Waals surface area contributed by atoms with Crippen LogP contribution in [-0.4, -0.2) is 161 Å². The predicted octanol–water partition coefficient (Wildman–Crippen LogP) is 10.3. The fourth-order valence-corrected chi connectivity index (χ4v) is 11.1. The minimum atomic E-state index is -1.15. The second kappa shape index (κ2) is 32.4. The summed E-state index contributed by atoms with van der Waals surface area (Å²) in [5, 5.41) is 39.4. The zero-order valence-corrected chi connectivity index (χ0v) is 52.9. The number of unbranched alkanes of at least 4 members (excludes halogenated alkanes) is 4. The van der Waals surface area contributed by atoms with Crippen molar-refractivity contribution in [2.24, 2.45) is 0 Å². The first-order valence-electron chi connectivity index (χ1n) is 30.4. The number of carbonyl (C=O) groups excluding carboxylic acids is 5. The molecule has 4 aromatic carbocycles. The summed E-state index contributed by atoms with van der Waals surface area (Å²) in [6.45, 7) is 15.3. The van der Waals surface area contributed by atoms with Gasteiger partial charge in [0, 0.05) is 39.3 Å². The molecule has 4 amide bonds. The molecule has 4 heterocycles. The quantitative estimate of drug-likeness (QED) is 0.0407. The van der Waals surface area contributed by atoms with E-state index < -0.39 is 36.5 Å². The maximum Gasteiger partial charge on any atom is 0.344 e. The van der Waals surface area contributed by atoms with Gasteiger partial charge in [0.15, 0.2) is 24.6 Å². The van der Waals surface area contributed by atoms with Crippen molar-refractivity contribution in [3.05, 3.63) is 151 Å². The second-order valence-electron chi connectivity index (χ2n) is 21.9. The molecule has 2 aromatic heterocycles. The third-order valence-corrected chi connectivity index (χ3v) is 16.6. The number of aliphatic hydroxyl groups is 2. The molecule has 2 atom stereocenters. The van der Waals surface area contributed by atoms with Crippen molar-refractivity contribution in [3.8, 4) is 22.9 Å². The van der Waals surface area contributed by atoms with E-state index in [4.69, 9.17) is 42.5 Å². The molecule has 2 aliphatic heterocycles. The van der Waals surface area contributed by atoms with E-state index in [0.29, 0.717) is 68.3 Å². The number of aromatic nitrogens is 4. The first-order valence-corrected chi connectivity index (χ1v) is 31.2. The van der Waals surface area contributed by atoms with E-state index in [1.165, 1.54) is 15.4 Å². The van der Waals surface area contributed by atoms with Crippen LogP contribution < -0.4 is 9.47 Å². The highest BCUT2D eigenvalue weighted by atomic mass is 35.5. The van der Waals surface area contributed by atoms with Gasteiger partial charge in [-0.25, -0.2) is 19.0 Å². The Labute approximate surface area is 524 Å². The van der Waals surface area contributed by atoms with Crippen LogP contribution in [0.1, 0.15) is 161 Å². The Morgan fingerprint density at radius 3 is 1.28 bits per heavy atom. The Morgan fingerprint density at radius 1 is 0.557 bits per heavy atom. The van der Waals surface area contributed by atoms with Gasteiger partial charge in [0.2, 0.25) is 0 Å². The smallest absolute Gasteiger partial charge is 0.344 e. The van der Waals surface area contributed by atoms with Crippen molar-refractivity contribution < 1.29 is 58.3 Å². The predicted molar refractivity (Wildman–Crippen MR) is 335 cm³/mol. The van der Waals surface area contributed by atoms with E-state index >= 15 is 0 Å². The molecule has 3 N–H and O–H groups in total. The molecule has 0 spiro atoms. The van der Waals surface area contributed by atoms with Gasteiger partial charge in [-0.05, 0) is 118 Å². The molecule has 22 heteroatoms. The highest BCUT2D eigenvalue weighted by molar-refractivity contribution is 6.34. The van der Waals surface area contributed by atoms with Crippen LogP contribution in [0.25, 0.3) is 11.4 Å². The summed E-state index contributed by atoms with van der Waals surface area (Å²) in [4.78, 5) is 85.9. The first kappa shape index (κ1) is 67.7. The van der Waals surface area contributed by atoms with Gasteiger partial charge >= 0.3 is 11.9 Å². The van der Waals surface area contributed by atoms with Crippen LogP contribution in [0.5, 0.6) is 11.5 Å². The Bertz CT molecular complexity index is 3400. The zero-order chi connectivity index (χ0) is 63.6. The van der Waals surface area contributed by atoms with Crippen LogP contribution in [0.3, 0.4) is 0 Å². The number of fused-ring (bicyclic) bond motifs is 2. The largest absolute Gasteiger partial charge is 0.482 e. The monoisotopic (exact) mass is 1250 g/mol. The van der Waals surface area contributed by atoms with Gasteiger partial charge in [0.1, 0.15) is 11.5 Å². The number of carboxylic acids is 1. The number of halogens is 2.